The van der Waals surface area contributed by atoms with Crippen molar-refractivity contribution in [1.82, 2.24) is 15.5 Å². The molecule has 0 aromatic heterocycles. The van der Waals surface area contributed by atoms with Crippen LogP contribution in [0.15, 0.2) is 35.3 Å². The lowest BCUT2D eigenvalue weighted by molar-refractivity contribution is -0.0945. The number of ether oxygens (including phenoxy) is 1. The number of likely N-dealkylation sites (tertiary alicyclic amines) is 1. The number of hydrogen-bond donors (Lipinski definition) is 2. The maximum absolute atomic E-state index is 5.33. The molecule has 2 aliphatic rings. The number of benzene rings is 1. The van der Waals surface area contributed by atoms with Crippen LogP contribution in [-0.2, 0) is 11.3 Å². The number of halogens is 1. The minimum atomic E-state index is 0. The van der Waals surface area contributed by atoms with E-state index in [1.165, 1.54) is 24.9 Å². The van der Waals surface area contributed by atoms with Crippen molar-refractivity contribution in [3.63, 3.8) is 0 Å². The Bertz CT molecular complexity index is 562. The van der Waals surface area contributed by atoms with Crippen molar-refractivity contribution in [2.45, 2.75) is 39.3 Å². The van der Waals surface area contributed by atoms with Crippen molar-refractivity contribution in [3.05, 3.63) is 35.9 Å². The third-order valence-corrected chi connectivity index (χ3v) is 5.10. The van der Waals surface area contributed by atoms with Crippen LogP contribution >= 0.6 is 24.0 Å². The van der Waals surface area contributed by atoms with Crippen LogP contribution in [0.3, 0.4) is 0 Å². The second-order valence-corrected chi connectivity index (χ2v) is 7.63. The maximum Gasteiger partial charge on any atom is 0.191 e. The molecule has 1 aromatic rings. The minimum Gasteiger partial charge on any atom is -0.380 e. The molecule has 0 saturated carbocycles. The van der Waals surface area contributed by atoms with Crippen LogP contribution in [0.25, 0.3) is 0 Å². The van der Waals surface area contributed by atoms with E-state index in [-0.39, 0.29) is 29.4 Å². The summed E-state index contributed by atoms with van der Waals surface area (Å²) in [6, 6.07) is 11.3. The zero-order chi connectivity index (χ0) is 17.5. The smallest absolute Gasteiger partial charge is 0.191 e. The van der Waals surface area contributed by atoms with Gasteiger partial charge in [-0.25, -0.2) is 0 Å². The highest BCUT2D eigenvalue weighted by Crippen LogP contribution is 2.26. The summed E-state index contributed by atoms with van der Waals surface area (Å²) in [5, 5.41) is 6.93. The fraction of sp³-hybridized carbons (Fsp3) is 0.650. The third-order valence-electron chi connectivity index (χ3n) is 5.10. The average Bonchev–Trinajstić information content (AvgIpc) is 3.03. The van der Waals surface area contributed by atoms with Crippen molar-refractivity contribution in [3.8, 4) is 0 Å². The molecule has 1 unspecified atom stereocenters. The maximum atomic E-state index is 5.33. The van der Waals surface area contributed by atoms with Gasteiger partial charge in [-0.3, -0.25) is 9.89 Å². The minimum absolute atomic E-state index is 0. The van der Waals surface area contributed by atoms with Gasteiger partial charge in [0.1, 0.15) is 0 Å². The Morgan fingerprint density at radius 2 is 2.04 bits per heavy atom. The average molecular weight is 472 g/mol. The van der Waals surface area contributed by atoms with Gasteiger partial charge in [0.2, 0.25) is 0 Å². The van der Waals surface area contributed by atoms with Crippen LogP contribution in [0, 0.1) is 5.41 Å². The SMILES string of the molecule is CCNC(=NCC1(C)COC1)NCC1CCCN1Cc1ccccc1.I. The topological polar surface area (TPSA) is 48.9 Å². The van der Waals surface area contributed by atoms with E-state index in [4.69, 9.17) is 9.73 Å². The fourth-order valence-electron chi connectivity index (χ4n) is 3.52. The molecule has 3 rings (SSSR count). The van der Waals surface area contributed by atoms with Gasteiger partial charge in [-0.15, -0.1) is 24.0 Å². The first-order chi connectivity index (χ1) is 12.2. The first-order valence-electron chi connectivity index (χ1n) is 9.56. The Hall–Kier alpha value is -0.860. The Balaban J connectivity index is 0.00000243. The molecule has 2 N–H and O–H groups in total. The first kappa shape index (κ1) is 21.4. The van der Waals surface area contributed by atoms with E-state index in [0.717, 1.165) is 45.4 Å². The normalized spacial score (nSPS) is 22.4. The van der Waals surface area contributed by atoms with Gasteiger partial charge in [0.25, 0.3) is 0 Å². The summed E-state index contributed by atoms with van der Waals surface area (Å²) >= 11 is 0. The number of nitrogens with one attached hydrogen (secondary N) is 2. The molecular formula is C20H33IN4O. The molecule has 0 aliphatic carbocycles. The van der Waals surface area contributed by atoms with Crippen molar-refractivity contribution < 1.29 is 4.74 Å². The van der Waals surface area contributed by atoms with Crippen molar-refractivity contribution >= 4 is 29.9 Å². The van der Waals surface area contributed by atoms with Crippen LogP contribution < -0.4 is 10.6 Å². The molecule has 0 amide bonds. The van der Waals surface area contributed by atoms with Crippen molar-refractivity contribution in [2.75, 3.05) is 39.4 Å². The summed E-state index contributed by atoms with van der Waals surface area (Å²) in [5.41, 5.74) is 1.61. The predicted octanol–water partition coefficient (Wildman–Crippen LogP) is 2.86. The van der Waals surface area contributed by atoms with Gasteiger partial charge in [-0.2, -0.15) is 0 Å². The zero-order valence-corrected chi connectivity index (χ0v) is 18.4. The van der Waals surface area contributed by atoms with E-state index >= 15 is 0 Å². The van der Waals surface area contributed by atoms with Crippen molar-refractivity contribution in [2.24, 2.45) is 10.4 Å². The fourth-order valence-corrected chi connectivity index (χ4v) is 3.52. The molecule has 146 valence electrons. The Morgan fingerprint density at radius 1 is 1.27 bits per heavy atom. The van der Waals surface area contributed by atoms with Crippen LogP contribution in [-0.4, -0.2) is 56.3 Å². The van der Waals surface area contributed by atoms with Gasteiger partial charge < -0.3 is 15.4 Å². The molecule has 0 spiro atoms. The van der Waals surface area contributed by atoms with E-state index in [9.17, 15) is 0 Å². The van der Waals surface area contributed by atoms with E-state index < -0.39 is 0 Å². The summed E-state index contributed by atoms with van der Waals surface area (Å²) < 4.78 is 5.33. The second kappa shape index (κ2) is 10.5. The molecule has 2 aliphatic heterocycles. The molecule has 2 saturated heterocycles. The van der Waals surface area contributed by atoms with Crippen LogP contribution in [0.4, 0.5) is 0 Å². The molecule has 26 heavy (non-hydrogen) atoms. The molecule has 2 fully saturated rings. The highest BCUT2D eigenvalue weighted by Gasteiger charge is 2.33. The van der Waals surface area contributed by atoms with Crippen LogP contribution in [0.2, 0.25) is 0 Å². The van der Waals surface area contributed by atoms with E-state index in [1.54, 1.807) is 0 Å². The third kappa shape index (κ3) is 6.09. The van der Waals surface area contributed by atoms with Crippen molar-refractivity contribution in [1.29, 1.82) is 0 Å². The number of hydrogen-bond acceptors (Lipinski definition) is 3. The van der Waals surface area contributed by atoms with E-state index in [1.807, 2.05) is 0 Å². The molecule has 0 bridgehead atoms. The van der Waals surface area contributed by atoms with Gasteiger partial charge in [-0.05, 0) is 31.9 Å². The molecular weight excluding hydrogens is 439 g/mol. The van der Waals surface area contributed by atoms with Gasteiger partial charge in [-0.1, -0.05) is 37.3 Å². The standard InChI is InChI=1S/C20H32N4O.HI/c1-3-21-19(23-14-20(2)15-25-16-20)22-12-18-10-7-11-24(18)13-17-8-5-4-6-9-17;/h4-6,8-9,18H,3,7,10-16H2,1-2H3,(H2,21,22,23);1H. The van der Waals surface area contributed by atoms with E-state index in [2.05, 4.69) is 59.7 Å². The summed E-state index contributed by atoms with van der Waals surface area (Å²) in [7, 11) is 0. The van der Waals surface area contributed by atoms with Crippen LogP contribution in [0.5, 0.6) is 0 Å². The quantitative estimate of drug-likeness (QED) is 0.364. The van der Waals surface area contributed by atoms with Gasteiger partial charge >= 0.3 is 0 Å². The summed E-state index contributed by atoms with van der Waals surface area (Å²) in [6.45, 7) is 10.9. The predicted molar refractivity (Wildman–Crippen MR) is 118 cm³/mol. The molecule has 1 aromatic carbocycles. The lowest BCUT2D eigenvalue weighted by atomic mass is 9.89. The summed E-state index contributed by atoms with van der Waals surface area (Å²) in [4.78, 5) is 7.36. The van der Waals surface area contributed by atoms with Gasteiger partial charge in [0.05, 0.1) is 19.8 Å². The Kier molecular flexibility index (Phi) is 8.63. The number of aliphatic imine (C=N–C) groups is 1. The Labute approximate surface area is 175 Å². The van der Waals surface area contributed by atoms with E-state index in [0.29, 0.717) is 6.04 Å². The van der Waals surface area contributed by atoms with Gasteiger partial charge in [0.15, 0.2) is 5.96 Å². The Morgan fingerprint density at radius 3 is 2.69 bits per heavy atom. The number of guanidine groups is 1. The lowest BCUT2D eigenvalue weighted by Gasteiger charge is -2.36. The first-order valence-corrected chi connectivity index (χ1v) is 9.56. The zero-order valence-electron chi connectivity index (χ0n) is 16.0. The monoisotopic (exact) mass is 472 g/mol. The molecule has 1 atom stereocenters. The second-order valence-electron chi connectivity index (χ2n) is 7.63. The molecule has 2 heterocycles. The highest BCUT2D eigenvalue weighted by atomic mass is 127. The lowest BCUT2D eigenvalue weighted by Crippen LogP contribution is -2.47. The largest absolute Gasteiger partial charge is 0.380 e. The summed E-state index contributed by atoms with van der Waals surface area (Å²) in [6.07, 6.45) is 2.53. The summed E-state index contributed by atoms with van der Waals surface area (Å²) in [5.74, 6) is 0.933. The number of rotatable bonds is 7. The molecule has 6 heteroatoms. The van der Waals surface area contributed by atoms with Crippen LogP contribution in [0.1, 0.15) is 32.3 Å². The molecule has 0 radical (unpaired) electrons. The van der Waals surface area contributed by atoms with Gasteiger partial charge in [0, 0.05) is 31.1 Å². The highest BCUT2D eigenvalue weighted by molar-refractivity contribution is 14.0. The molecule has 5 nitrogen and oxygen atoms in total. The number of nitrogens with zero attached hydrogens (tertiary/aromatic N) is 2.